The third kappa shape index (κ3) is 8.05. The van der Waals surface area contributed by atoms with Gasteiger partial charge in [-0.1, -0.05) is 198 Å². The van der Waals surface area contributed by atoms with Crippen LogP contribution in [0.25, 0.3) is 87.6 Å². The number of hydrogen-bond donors (Lipinski definition) is 1. The summed E-state index contributed by atoms with van der Waals surface area (Å²) >= 11 is 0. The van der Waals surface area contributed by atoms with Gasteiger partial charge in [0, 0.05) is 44.0 Å². The maximum absolute atomic E-state index is 12.9. The van der Waals surface area contributed by atoms with Gasteiger partial charge in [-0.2, -0.15) is 0 Å². The second-order valence-electron chi connectivity index (χ2n) is 21.8. The van der Waals surface area contributed by atoms with Crippen LogP contribution in [0.3, 0.4) is 0 Å². The lowest BCUT2D eigenvalue weighted by Gasteiger charge is -2.32. The van der Waals surface area contributed by atoms with Gasteiger partial charge in [0.1, 0.15) is 11.3 Å². The molecule has 12 aromatic carbocycles. The molecule has 13 rings (SSSR count). The minimum Gasteiger partial charge on any atom is -0.505 e. The van der Waals surface area contributed by atoms with Crippen molar-refractivity contribution in [3.8, 4) is 39.1 Å². The maximum Gasteiger partial charge on any atom is 0.159 e. The Labute approximate surface area is 457 Å². The van der Waals surface area contributed by atoms with Crippen molar-refractivity contribution in [2.45, 2.75) is 66.7 Å². The molecule has 0 aliphatic heterocycles. The Bertz CT molecular complexity index is 4430. The monoisotopic (exact) mass is 1010 g/mol. The van der Waals surface area contributed by atoms with Crippen LogP contribution < -0.4 is 9.80 Å². The first-order chi connectivity index (χ1) is 38.1. The van der Waals surface area contributed by atoms with Crippen LogP contribution in [0.2, 0.25) is 0 Å². The second kappa shape index (κ2) is 19.5. The van der Waals surface area contributed by atoms with E-state index in [-0.39, 0.29) is 17.6 Å². The lowest BCUT2D eigenvalue weighted by molar-refractivity contribution is 0.478. The first-order valence-electron chi connectivity index (χ1n) is 27.6. The number of phenolic OH excluding ortho intramolecular Hbond substituents is 1. The van der Waals surface area contributed by atoms with Crippen LogP contribution in [0, 0.1) is 13.8 Å². The topological polar surface area (TPSA) is 39.9 Å². The molecule has 380 valence electrons. The highest BCUT2D eigenvalue weighted by atomic mass is 16.3. The number of anilines is 6. The highest BCUT2D eigenvalue weighted by Crippen LogP contribution is 2.54. The largest absolute Gasteiger partial charge is 0.505 e. The molecule has 0 radical (unpaired) electrons. The molecule has 0 saturated heterocycles. The van der Waals surface area contributed by atoms with Gasteiger partial charge < -0.3 is 19.3 Å². The highest BCUT2D eigenvalue weighted by Gasteiger charge is 2.29. The van der Waals surface area contributed by atoms with E-state index < -0.39 is 0 Å². The third-order valence-corrected chi connectivity index (χ3v) is 16.2. The fourth-order valence-electron chi connectivity index (χ4n) is 12.4. The molecule has 0 fully saturated rings. The molecule has 0 aliphatic rings. The summed E-state index contributed by atoms with van der Waals surface area (Å²) in [5, 5.41) is 22.3. The number of phenols is 1. The van der Waals surface area contributed by atoms with E-state index in [9.17, 15) is 5.11 Å². The van der Waals surface area contributed by atoms with Crippen LogP contribution in [-0.4, -0.2) is 5.11 Å². The lowest BCUT2D eigenvalue weighted by atomic mass is 9.84. The summed E-state index contributed by atoms with van der Waals surface area (Å²) < 4.78 is 7.24. The molecule has 0 amide bonds. The van der Waals surface area contributed by atoms with Crippen molar-refractivity contribution in [1.82, 2.24) is 0 Å². The average Bonchev–Trinajstić information content (AvgIpc) is 3.67. The highest BCUT2D eigenvalue weighted by molar-refractivity contribution is 6.30. The van der Waals surface area contributed by atoms with Gasteiger partial charge in [-0.25, -0.2) is 0 Å². The molecule has 4 heteroatoms. The summed E-state index contributed by atoms with van der Waals surface area (Å²) in [7, 11) is 0. The first-order valence-corrected chi connectivity index (χ1v) is 27.6. The number of para-hydroxylation sites is 3. The van der Waals surface area contributed by atoms with Gasteiger partial charge in [0.2, 0.25) is 0 Å². The molecule has 0 aliphatic carbocycles. The minimum atomic E-state index is 0.181. The molecule has 78 heavy (non-hydrogen) atoms. The van der Waals surface area contributed by atoms with Crippen LogP contribution in [0.1, 0.15) is 74.3 Å². The smallest absolute Gasteiger partial charge is 0.159 e. The Hall–Kier alpha value is -9.12. The Morgan fingerprint density at radius 2 is 0.910 bits per heavy atom. The molecule has 1 heterocycles. The summed E-state index contributed by atoms with van der Waals surface area (Å²) in [6, 6.07) is 78.9. The van der Waals surface area contributed by atoms with E-state index in [0.717, 1.165) is 101 Å². The van der Waals surface area contributed by atoms with E-state index in [1.807, 2.05) is 6.07 Å². The first kappa shape index (κ1) is 48.5. The van der Waals surface area contributed by atoms with E-state index in [0.29, 0.717) is 5.69 Å². The zero-order chi connectivity index (χ0) is 53.3. The van der Waals surface area contributed by atoms with E-state index in [1.165, 1.54) is 49.4 Å². The van der Waals surface area contributed by atoms with Crippen molar-refractivity contribution in [1.29, 1.82) is 0 Å². The summed E-state index contributed by atoms with van der Waals surface area (Å²) in [5.41, 5.74) is 19.9. The molecule has 0 bridgehead atoms. The lowest BCUT2D eigenvalue weighted by Crippen LogP contribution is -2.13. The average molecular weight is 1010 g/mol. The molecule has 0 atom stereocenters. The van der Waals surface area contributed by atoms with Crippen LogP contribution in [0.5, 0.6) is 5.75 Å². The van der Waals surface area contributed by atoms with E-state index in [2.05, 4.69) is 271 Å². The van der Waals surface area contributed by atoms with E-state index >= 15 is 0 Å². The number of furan rings is 1. The normalized spacial score (nSPS) is 11.9. The van der Waals surface area contributed by atoms with Gasteiger partial charge in [-0.3, -0.25) is 0 Å². The molecule has 0 spiro atoms. The Morgan fingerprint density at radius 1 is 0.397 bits per heavy atom. The number of benzene rings is 12. The standard InChI is InChI=1S/C74H62N2O2/c1-8-49-22-15-28-54(41-49)76(67-35-19-33-61-60-32-17-31-57(73(60)78-74(61)67)50-23-10-9-11-24-50)69-44-65(46(4)5)59-36-38-62-68(43-64(45(2)3)58-37-39-63(69)71(59)70(58)62)75(53-27-14-20-47(6)40-53)66-34-18-30-56(72(66)77)52-26-16-25-51(42-52)55-29-13-12-21-48(55)7/h9-46,77H,8H2,1-7H3. The molecular formula is C74H62N2O2. The van der Waals surface area contributed by atoms with Gasteiger partial charge in [0.05, 0.1) is 22.7 Å². The third-order valence-electron chi connectivity index (χ3n) is 16.2. The summed E-state index contributed by atoms with van der Waals surface area (Å²) in [6.45, 7) is 15.8. The predicted molar refractivity (Wildman–Crippen MR) is 332 cm³/mol. The number of fused-ring (bicyclic) bond motifs is 3. The summed E-state index contributed by atoms with van der Waals surface area (Å²) in [6.07, 6.45) is 0.906. The van der Waals surface area contributed by atoms with E-state index in [4.69, 9.17) is 4.42 Å². The van der Waals surface area contributed by atoms with Crippen molar-refractivity contribution >= 4 is 88.4 Å². The zero-order valence-corrected chi connectivity index (χ0v) is 45.4. The van der Waals surface area contributed by atoms with Gasteiger partial charge in [0.25, 0.3) is 0 Å². The van der Waals surface area contributed by atoms with Crippen LogP contribution in [-0.2, 0) is 6.42 Å². The Kier molecular flexibility index (Phi) is 12.1. The second-order valence-corrected chi connectivity index (χ2v) is 21.8. The molecular weight excluding hydrogens is 949 g/mol. The summed E-state index contributed by atoms with van der Waals surface area (Å²) in [4.78, 5) is 4.76. The van der Waals surface area contributed by atoms with Crippen LogP contribution in [0.15, 0.2) is 223 Å². The molecule has 0 saturated carbocycles. The number of aromatic hydroxyl groups is 1. The quantitative estimate of drug-likeness (QED) is 0.124. The van der Waals surface area contributed by atoms with Crippen molar-refractivity contribution in [2.75, 3.05) is 9.80 Å². The Balaban J connectivity index is 1.09. The SMILES string of the molecule is CCc1cccc(N(c2cc(C(C)C)c3ccc4c(N(c5cccc(C)c5)c5cccc(-c6cccc(-c7ccccc7C)c6)c5O)cc(C(C)C)c5ccc2c3c54)c2cccc3c2oc2c(-c4ccccc4)cccc23)c1. The summed E-state index contributed by atoms with van der Waals surface area (Å²) in [5.74, 6) is 0.604. The molecule has 1 aromatic heterocycles. The van der Waals surface area contributed by atoms with Gasteiger partial charge in [0.15, 0.2) is 5.58 Å². The molecule has 0 unspecified atom stereocenters. The predicted octanol–water partition coefficient (Wildman–Crippen LogP) is 21.6. The maximum atomic E-state index is 12.9. The molecule has 13 aromatic rings. The van der Waals surface area contributed by atoms with Crippen molar-refractivity contribution in [2.24, 2.45) is 0 Å². The van der Waals surface area contributed by atoms with E-state index in [1.54, 1.807) is 0 Å². The fourth-order valence-corrected chi connectivity index (χ4v) is 12.4. The van der Waals surface area contributed by atoms with Crippen LogP contribution >= 0.6 is 0 Å². The van der Waals surface area contributed by atoms with Crippen LogP contribution in [0.4, 0.5) is 34.1 Å². The Morgan fingerprint density at radius 3 is 1.58 bits per heavy atom. The number of hydrogen-bond acceptors (Lipinski definition) is 4. The van der Waals surface area contributed by atoms with Crippen molar-refractivity contribution in [3.63, 3.8) is 0 Å². The van der Waals surface area contributed by atoms with Crippen molar-refractivity contribution in [3.05, 3.63) is 246 Å². The number of rotatable bonds is 12. The number of aryl methyl sites for hydroxylation is 3. The van der Waals surface area contributed by atoms with Crippen molar-refractivity contribution < 1.29 is 9.52 Å². The van der Waals surface area contributed by atoms with Gasteiger partial charge in [-0.15, -0.1) is 0 Å². The molecule has 1 N–H and O–H groups in total. The zero-order valence-electron chi connectivity index (χ0n) is 45.4. The minimum absolute atomic E-state index is 0.181. The number of nitrogens with zero attached hydrogens (tertiary/aromatic N) is 2. The van der Waals surface area contributed by atoms with Gasteiger partial charge >= 0.3 is 0 Å². The molecule has 4 nitrogen and oxygen atoms in total. The van der Waals surface area contributed by atoms with Gasteiger partial charge in [-0.05, 0) is 158 Å². The fraction of sp³-hybridized carbons (Fsp3) is 0.135.